The molecule has 0 spiro atoms. The lowest BCUT2D eigenvalue weighted by Gasteiger charge is -2.44. The number of rotatable bonds is 4. The van der Waals surface area contributed by atoms with Gasteiger partial charge in [0.25, 0.3) is 5.91 Å². The van der Waals surface area contributed by atoms with Crippen LogP contribution in [0.4, 0.5) is 5.69 Å². The van der Waals surface area contributed by atoms with E-state index in [4.69, 9.17) is 5.10 Å². The van der Waals surface area contributed by atoms with Gasteiger partial charge in [-0.3, -0.25) is 19.2 Å². The van der Waals surface area contributed by atoms with Gasteiger partial charge in [0.05, 0.1) is 11.4 Å². The van der Waals surface area contributed by atoms with Crippen molar-refractivity contribution in [1.29, 1.82) is 0 Å². The lowest BCUT2D eigenvalue weighted by Crippen LogP contribution is -2.65. The molecule has 1 atom stereocenters. The van der Waals surface area contributed by atoms with Crippen molar-refractivity contribution in [3.8, 4) is 10.6 Å². The minimum atomic E-state index is -1.09. The van der Waals surface area contributed by atoms with Gasteiger partial charge in [-0.25, -0.2) is 0 Å². The van der Waals surface area contributed by atoms with Gasteiger partial charge in [0.2, 0.25) is 5.91 Å². The van der Waals surface area contributed by atoms with Gasteiger partial charge in [0.1, 0.15) is 16.9 Å². The Morgan fingerprint density at radius 1 is 1.12 bits per heavy atom. The van der Waals surface area contributed by atoms with E-state index < -0.39 is 5.54 Å². The summed E-state index contributed by atoms with van der Waals surface area (Å²) in [7, 11) is 0. The fourth-order valence-corrected chi connectivity index (χ4v) is 5.91. The minimum absolute atomic E-state index is 0.104. The van der Waals surface area contributed by atoms with Gasteiger partial charge in [0, 0.05) is 11.7 Å². The number of carbonyl (C=O) groups is 2. The third kappa shape index (κ3) is 4.06. The predicted molar refractivity (Wildman–Crippen MR) is 136 cm³/mol. The van der Waals surface area contributed by atoms with Gasteiger partial charge in [-0.05, 0) is 68.3 Å². The number of fused-ring (bicyclic) bond motifs is 1. The van der Waals surface area contributed by atoms with Crippen LogP contribution in [-0.4, -0.2) is 33.2 Å². The SMILES string of the molecule is Cc1ccc(C)c(N2C(=O)c3cc(-c4cccs4)nn3CC2(C)C(=O)NC2CCCCCC2)c1. The average Bonchev–Trinajstić information content (AvgIpc) is 3.41. The third-order valence-corrected chi connectivity index (χ3v) is 8.10. The number of aromatic nitrogens is 2. The summed E-state index contributed by atoms with van der Waals surface area (Å²) in [6.07, 6.45) is 6.70. The second-order valence-electron chi connectivity index (χ2n) is 9.92. The number of benzene rings is 1. The number of hydrogen-bond donors (Lipinski definition) is 1. The maximum atomic E-state index is 14.0. The number of carbonyl (C=O) groups excluding carboxylic acids is 2. The van der Waals surface area contributed by atoms with E-state index in [0.717, 1.165) is 53.1 Å². The number of aryl methyl sites for hydroxylation is 2. The van der Waals surface area contributed by atoms with E-state index >= 15 is 0 Å². The van der Waals surface area contributed by atoms with Crippen LogP contribution in [0.1, 0.15) is 67.1 Å². The number of hydrogen-bond acceptors (Lipinski definition) is 4. The second-order valence-corrected chi connectivity index (χ2v) is 10.9. The molecular formula is C27H32N4O2S. The summed E-state index contributed by atoms with van der Waals surface area (Å²) in [6.45, 7) is 6.20. The van der Waals surface area contributed by atoms with Crippen LogP contribution in [0.3, 0.4) is 0 Å². The maximum absolute atomic E-state index is 14.0. The zero-order chi connectivity index (χ0) is 23.9. The Hall–Kier alpha value is -2.93. The Morgan fingerprint density at radius 2 is 1.88 bits per heavy atom. The molecule has 1 aromatic carbocycles. The summed E-state index contributed by atoms with van der Waals surface area (Å²) in [5, 5.41) is 10.1. The molecule has 1 aliphatic carbocycles. The maximum Gasteiger partial charge on any atom is 0.277 e. The quantitative estimate of drug-likeness (QED) is 0.507. The lowest BCUT2D eigenvalue weighted by atomic mass is 9.92. The second kappa shape index (κ2) is 9.02. The van der Waals surface area contributed by atoms with Gasteiger partial charge < -0.3 is 5.32 Å². The van der Waals surface area contributed by atoms with E-state index in [0.29, 0.717) is 12.2 Å². The first-order valence-corrected chi connectivity index (χ1v) is 13.1. The van der Waals surface area contributed by atoms with Crippen molar-refractivity contribution in [1.82, 2.24) is 15.1 Å². The summed E-state index contributed by atoms with van der Waals surface area (Å²) in [5.41, 5.74) is 3.01. The van der Waals surface area contributed by atoms with E-state index in [1.165, 1.54) is 12.8 Å². The normalized spacial score (nSPS) is 21.3. The van der Waals surface area contributed by atoms with E-state index in [2.05, 4.69) is 5.32 Å². The van der Waals surface area contributed by atoms with Crippen LogP contribution >= 0.6 is 11.3 Å². The van der Waals surface area contributed by atoms with Gasteiger partial charge in [0.15, 0.2) is 0 Å². The first-order valence-electron chi connectivity index (χ1n) is 12.2. The Bertz CT molecular complexity index is 1210. The third-order valence-electron chi connectivity index (χ3n) is 7.21. The fraction of sp³-hybridized carbons (Fsp3) is 0.444. The summed E-state index contributed by atoms with van der Waals surface area (Å²) in [6, 6.07) is 12.1. The summed E-state index contributed by atoms with van der Waals surface area (Å²) >= 11 is 1.59. The molecule has 0 radical (unpaired) electrons. The first-order chi connectivity index (χ1) is 16.4. The smallest absolute Gasteiger partial charge is 0.277 e. The predicted octanol–water partition coefficient (Wildman–Crippen LogP) is 5.49. The van der Waals surface area contributed by atoms with Crippen molar-refractivity contribution >= 4 is 28.8 Å². The van der Waals surface area contributed by atoms with Gasteiger partial charge >= 0.3 is 0 Å². The Labute approximate surface area is 205 Å². The number of nitrogens with one attached hydrogen (secondary N) is 1. The Morgan fingerprint density at radius 3 is 2.59 bits per heavy atom. The van der Waals surface area contributed by atoms with Crippen LogP contribution in [0.5, 0.6) is 0 Å². The topological polar surface area (TPSA) is 67.2 Å². The number of thiophene rings is 1. The first kappa shape index (κ1) is 22.8. The van der Waals surface area contributed by atoms with E-state index in [9.17, 15) is 9.59 Å². The highest BCUT2D eigenvalue weighted by molar-refractivity contribution is 7.13. The number of amides is 2. The lowest BCUT2D eigenvalue weighted by molar-refractivity contribution is -0.127. The van der Waals surface area contributed by atoms with Crippen LogP contribution in [0.2, 0.25) is 0 Å². The molecule has 7 heteroatoms. The molecule has 3 heterocycles. The molecule has 5 rings (SSSR count). The molecule has 2 amide bonds. The molecule has 1 aliphatic heterocycles. The molecular weight excluding hydrogens is 444 g/mol. The molecule has 1 fully saturated rings. The average molecular weight is 477 g/mol. The van der Waals surface area contributed by atoms with Crippen LogP contribution in [0, 0.1) is 13.8 Å². The van der Waals surface area contributed by atoms with Crippen LogP contribution in [0.25, 0.3) is 10.6 Å². The van der Waals surface area contributed by atoms with Crippen molar-refractivity contribution in [2.45, 2.75) is 77.4 Å². The van der Waals surface area contributed by atoms with Crippen molar-refractivity contribution in [3.05, 3.63) is 58.6 Å². The summed E-state index contributed by atoms with van der Waals surface area (Å²) in [5.74, 6) is -0.291. The van der Waals surface area contributed by atoms with Gasteiger partial charge in [-0.15, -0.1) is 11.3 Å². The minimum Gasteiger partial charge on any atom is -0.351 e. The van der Waals surface area contributed by atoms with E-state index in [1.54, 1.807) is 20.9 Å². The van der Waals surface area contributed by atoms with E-state index in [1.807, 2.05) is 62.5 Å². The summed E-state index contributed by atoms with van der Waals surface area (Å²) in [4.78, 5) is 30.7. The zero-order valence-electron chi connectivity index (χ0n) is 20.1. The van der Waals surface area contributed by atoms with Crippen LogP contribution in [-0.2, 0) is 11.3 Å². The molecule has 0 bridgehead atoms. The van der Waals surface area contributed by atoms with Crippen LogP contribution in [0.15, 0.2) is 41.8 Å². The molecule has 1 saturated carbocycles. The molecule has 3 aromatic rings. The molecule has 6 nitrogen and oxygen atoms in total. The highest BCUT2D eigenvalue weighted by atomic mass is 32.1. The largest absolute Gasteiger partial charge is 0.351 e. The van der Waals surface area contributed by atoms with Gasteiger partial charge in [-0.1, -0.05) is 43.9 Å². The highest BCUT2D eigenvalue weighted by Gasteiger charge is 2.49. The van der Waals surface area contributed by atoms with Crippen molar-refractivity contribution < 1.29 is 9.59 Å². The molecule has 34 heavy (non-hydrogen) atoms. The Balaban J connectivity index is 1.58. The molecule has 1 unspecified atom stereocenters. The zero-order valence-corrected chi connectivity index (χ0v) is 21.0. The molecule has 0 saturated heterocycles. The van der Waals surface area contributed by atoms with Crippen molar-refractivity contribution in [3.63, 3.8) is 0 Å². The molecule has 2 aromatic heterocycles. The van der Waals surface area contributed by atoms with Crippen molar-refractivity contribution in [2.24, 2.45) is 0 Å². The van der Waals surface area contributed by atoms with E-state index in [-0.39, 0.29) is 17.9 Å². The Kier molecular flexibility index (Phi) is 6.06. The molecule has 178 valence electrons. The van der Waals surface area contributed by atoms with Crippen LogP contribution < -0.4 is 10.2 Å². The molecule has 1 N–H and O–H groups in total. The number of anilines is 1. The monoisotopic (exact) mass is 476 g/mol. The highest BCUT2D eigenvalue weighted by Crippen LogP contribution is 2.37. The standard InChI is InChI=1S/C27H32N4O2S/c1-18-12-13-19(2)22(15-18)31-25(32)23-16-21(24-11-8-14-34-24)29-30(23)17-27(31,3)26(33)28-20-9-6-4-5-7-10-20/h8,11-16,20H,4-7,9-10,17H2,1-3H3,(H,28,33). The van der Waals surface area contributed by atoms with Crippen molar-refractivity contribution in [2.75, 3.05) is 4.90 Å². The summed E-state index contributed by atoms with van der Waals surface area (Å²) < 4.78 is 1.73. The fourth-order valence-electron chi connectivity index (χ4n) is 5.23. The number of nitrogens with zero attached hydrogens (tertiary/aromatic N) is 3. The molecule has 2 aliphatic rings. The van der Waals surface area contributed by atoms with Gasteiger partial charge in [-0.2, -0.15) is 5.10 Å².